The van der Waals surface area contributed by atoms with E-state index in [2.05, 4.69) is 10.3 Å². The Hall–Kier alpha value is -1.27. The zero-order chi connectivity index (χ0) is 13.7. The third-order valence-corrected chi connectivity index (χ3v) is 3.35. The summed E-state index contributed by atoms with van der Waals surface area (Å²) in [6.45, 7) is 0.834. The SMILES string of the molecule is FC(F)(F)SCCNCc1cncc2ccccc12. The molecule has 2 rings (SSSR count). The van der Waals surface area contributed by atoms with Gasteiger partial charge in [0.15, 0.2) is 0 Å². The zero-order valence-corrected chi connectivity index (χ0v) is 10.9. The van der Waals surface area contributed by atoms with Gasteiger partial charge in [0.2, 0.25) is 0 Å². The quantitative estimate of drug-likeness (QED) is 0.850. The maximum absolute atomic E-state index is 11.9. The minimum absolute atomic E-state index is 0.00579. The molecule has 2 nitrogen and oxygen atoms in total. The second kappa shape index (κ2) is 6.25. The van der Waals surface area contributed by atoms with Gasteiger partial charge in [0.05, 0.1) is 0 Å². The smallest absolute Gasteiger partial charge is 0.312 e. The van der Waals surface area contributed by atoms with E-state index in [4.69, 9.17) is 0 Å². The zero-order valence-electron chi connectivity index (χ0n) is 10.1. The first-order valence-electron chi connectivity index (χ1n) is 5.79. The first-order valence-corrected chi connectivity index (χ1v) is 6.78. The van der Waals surface area contributed by atoms with Crippen LogP contribution in [0.5, 0.6) is 0 Å². The van der Waals surface area contributed by atoms with Gasteiger partial charge in [0.25, 0.3) is 0 Å². The third kappa shape index (κ3) is 4.40. The molecule has 0 unspecified atom stereocenters. The van der Waals surface area contributed by atoms with Crippen LogP contribution in [0, 0.1) is 0 Å². The molecule has 0 fully saturated rings. The largest absolute Gasteiger partial charge is 0.441 e. The molecule has 19 heavy (non-hydrogen) atoms. The van der Waals surface area contributed by atoms with Gasteiger partial charge in [-0.2, -0.15) is 13.2 Å². The number of thioether (sulfide) groups is 1. The average molecular weight is 286 g/mol. The van der Waals surface area contributed by atoms with Crippen LogP contribution in [0.1, 0.15) is 5.56 Å². The molecule has 0 amide bonds. The monoisotopic (exact) mass is 286 g/mol. The Morgan fingerprint density at radius 2 is 1.95 bits per heavy atom. The standard InChI is InChI=1S/C13H13F3N2S/c14-13(15,16)19-6-5-17-8-11-9-18-7-10-3-1-2-4-12(10)11/h1-4,7,9,17H,5-6,8H2. The lowest BCUT2D eigenvalue weighted by molar-refractivity contribution is -0.0327. The highest BCUT2D eigenvalue weighted by molar-refractivity contribution is 8.00. The molecule has 1 N–H and O–H groups in total. The highest BCUT2D eigenvalue weighted by atomic mass is 32.2. The van der Waals surface area contributed by atoms with E-state index in [1.807, 2.05) is 24.3 Å². The van der Waals surface area contributed by atoms with Crippen LogP contribution in [0.4, 0.5) is 13.2 Å². The van der Waals surface area contributed by atoms with Crippen molar-refractivity contribution in [1.29, 1.82) is 0 Å². The summed E-state index contributed by atoms with van der Waals surface area (Å²) in [5.41, 5.74) is -3.15. The van der Waals surface area contributed by atoms with Crippen molar-refractivity contribution < 1.29 is 13.2 Å². The number of fused-ring (bicyclic) bond motifs is 1. The molecule has 0 bridgehead atoms. The fraction of sp³-hybridized carbons (Fsp3) is 0.308. The minimum Gasteiger partial charge on any atom is -0.312 e. The van der Waals surface area contributed by atoms with Gasteiger partial charge in [-0.1, -0.05) is 24.3 Å². The summed E-state index contributed by atoms with van der Waals surface area (Å²) in [5, 5.41) is 5.12. The van der Waals surface area contributed by atoms with E-state index in [-0.39, 0.29) is 17.5 Å². The number of hydrogen-bond donors (Lipinski definition) is 1. The Morgan fingerprint density at radius 3 is 2.74 bits per heavy atom. The van der Waals surface area contributed by atoms with Crippen LogP contribution >= 0.6 is 11.8 Å². The summed E-state index contributed by atoms with van der Waals surface area (Å²) >= 11 is -0.00579. The summed E-state index contributed by atoms with van der Waals surface area (Å²) < 4.78 is 35.8. The molecule has 0 atom stereocenters. The number of benzene rings is 1. The summed E-state index contributed by atoms with van der Waals surface area (Å²) in [6.07, 6.45) is 3.52. The van der Waals surface area contributed by atoms with E-state index < -0.39 is 5.51 Å². The number of nitrogens with one attached hydrogen (secondary N) is 1. The van der Waals surface area contributed by atoms with E-state index in [1.54, 1.807) is 12.4 Å². The normalized spacial score (nSPS) is 11.9. The average Bonchev–Trinajstić information content (AvgIpc) is 2.37. The van der Waals surface area contributed by atoms with Gasteiger partial charge >= 0.3 is 5.51 Å². The van der Waals surface area contributed by atoms with E-state index in [1.165, 1.54) is 0 Å². The molecule has 1 heterocycles. The van der Waals surface area contributed by atoms with Gasteiger partial charge in [-0.05, 0) is 22.7 Å². The summed E-state index contributed by atoms with van der Waals surface area (Å²) in [4.78, 5) is 4.13. The second-order valence-electron chi connectivity index (χ2n) is 3.99. The van der Waals surface area contributed by atoms with Crippen LogP contribution in [0.15, 0.2) is 36.7 Å². The molecule has 0 spiro atoms. The van der Waals surface area contributed by atoms with Gasteiger partial charge in [0.1, 0.15) is 0 Å². The van der Waals surface area contributed by atoms with Crippen molar-refractivity contribution >= 4 is 22.5 Å². The van der Waals surface area contributed by atoms with Crippen molar-refractivity contribution in [2.24, 2.45) is 0 Å². The molecule has 0 saturated carbocycles. The van der Waals surface area contributed by atoms with Crippen molar-refractivity contribution in [2.45, 2.75) is 12.1 Å². The van der Waals surface area contributed by atoms with Crippen LogP contribution in [-0.4, -0.2) is 22.8 Å². The van der Waals surface area contributed by atoms with Crippen molar-refractivity contribution in [2.75, 3.05) is 12.3 Å². The van der Waals surface area contributed by atoms with Crippen LogP contribution < -0.4 is 5.32 Å². The maximum Gasteiger partial charge on any atom is 0.441 e. The number of alkyl halides is 3. The Bertz CT molecular complexity index is 537. The predicted molar refractivity (Wildman–Crippen MR) is 72.0 cm³/mol. The van der Waals surface area contributed by atoms with Crippen LogP contribution in [-0.2, 0) is 6.54 Å². The molecule has 1 aromatic heterocycles. The molecule has 0 aliphatic heterocycles. The van der Waals surface area contributed by atoms with Crippen LogP contribution in [0.2, 0.25) is 0 Å². The Labute approximate surface area is 113 Å². The summed E-state index contributed by atoms with van der Waals surface area (Å²) in [7, 11) is 0. The molecule has 2 aromatic rings. The molecule has 6 heteroatoms. The Balaban J connectivity index is 1.88. The first-order chi connectivity index (χ1) is 9.06. The van der Waals surface area contributed by atoms with E-state index in [0.717, 1.165) is 16.3 Å². The number of pyridine rings is 1. The van der Waals surface area contributed by atoms with E-state index in [9.17, 15) is 13.2 Å². The fourth-order valence-electron chi connectivity index (χ4n) is 1.78. The second-order valence-corrected chi connectivity index (χ2v) is 5.15. The van der Waals surface area contributed by atoms with Gasteiger partial charge in [-0.15, -0.1) is 0 Å². The van der Waals surface area contributed by atoms with Gasteiger partial charge < -0.3 is 5.32 Å². The molecule has 102 valence electrons. The lowest BCUT2D eigenvalue weighted by Crippen LogP contribution is -2.18. The summed E-state index contributed by atoms with van der Waals surface area (Å²) in [6, 6.07) is 7.82. The number of rotatable bonds is 5. The predicted octanol–water partition coefficient (Wildman–Crippen LogP) is 3.58. The van der Waals surface area contributed by atoms with Crippen molar-refractivity contribution in [3.05, 3.63) is 42.2 Å². The molecule has 1 aromatic carbocycles. The molecular weight excluding hydrogens is 273 g/mol. The topological polar surface area (TPSA) is 24.9 Å². The number of aromatic nitrogens is 1. The van der Waals surface area contributed by atoms with Crippen LogP contribution in [0.25, 0.3) is 10.8 Å². The molecule has 0 saturated heterocycles. The Kier molecular flexibility index (Phi) is 4.66. The lowest BCUT2D eigenvalue weighted by Gasteiger charge is -2.08. The fourth-order valence-corrected chi connectivity index (χ4v) is 2.26. The molecule has 0 radical (unpaired) electrons. The highest BCUT2D eigenvalue weighted by Gasteiger charge is 2.27. The molecule has 0 aliphatic carbocycles. The van der Waals surface area contributed by atoms with Gasteiger partial charge in [0, 0.05) is 36.6 Å². The summed E-state index contributed by atoms with van der Waals surface area (Å²) in [5.74, 6) is 0.0156. The Morgan fingerprint density at radius 1 is 1.16 bits per heavy atom. The van der Waals surface area contributed by atoms with Crippen molar-refractivity contribution in [3.8, 4) is 0 Å². The van der Waals surface area contributed by atoms with E-state index in [0.29, 0.717) is 13.1 Å². The van der Waals surface area contributed by atoms with Gasteiger partial charge in [-0.3, -0.25) is 4.98 Å². The number of hydrogen-bond acceptors (Lipinski definition) is 3. The van der Waals surface area contributed by atoms with Crippen molar-refractivity contribution in [3.63, 3.8) is 0 Å². The highest BCUT2D eigenvalue weighted by Crippen LogP contribution is 2.29. The van der Waals surface area contributed by atoms with Crippen molar-refractivity contribution in [1.82, 2.24) is 10.3 Å². The number of nitrogens with zero attached hydrogens (tertiary/aromatic N) is 1. The first kappa shape index (κ1) is 14.1. The number of halogens is 3. The molecule has 0 aliphatic rings. The van der Waals surface area contributed by atoms with Crippen LogP contribution in [0.3, 0.4) is 0 Å². The minimum atomic E-state index is -4.15. The van der Waals surface area contributed by atoms with Gasteiger partial charge in [-0.25, -0.2) is 0 Å². The van der Waals surface area contributed by atoms with E-state index >= 15 is 0 Å². The third-order valence-electron chi connectivity index (χ3n) is 2.61. The molecular formula is C13H13F3N2S. The lowest BCUT2D eigenvalue weighted by atomic mass is 10.1. The maximum atomic E-state index is 11.9.